The van der Waals surface area contributed by atoms with E-state index in [0.29, 0.717) is 18.1 Å². The summed E-state index contributed by atoms with van der Waals surface area (Å²) in [6, 6.07) is 4.32. The average molecular weight is 325 g/mol. The fourth-order valence-electron chi connectivity index (χ4n) is 1.85. The van der Waals surface area contributed by atoms with Crippen LogP contribution in [0.25, 0.3) is 5.65 Å². The summed E-state index contributed by atoms with van der Waals surface area (Å²) in [7, 11) is 0. The smallest absolute Gasteiger partial charge is 0.303 e. The molecule has 0 unspecified atom stereocenters. The highest BCUT2D eigenvalue weighted by Gasteiger charge is 2.21. The predicted octanol–water partition coefficient (Wildman–Crippen LogP) is 2.08. The van der Waals surface area contributed by atoms with Crippen LogP contribution in [-0.2, 0) is 11.2 Å². The van der Waals surface area contributed by atoms with Crippen LogP contribution in [-0.4, -0.2) is 31.7 Å². The minimum atomic E-state index is -0.826. The Morgan fingerprint density at radius 1 is 1.53 bits per heavy atom. The van der Waals surface area contributed by atoms with Gasteiger partial charge in [-0.3, -0.25) is 4.79 Å². The molecule has 6 nitrogen and oxygen atoms in total. The fourth-order valence-corrected chi connectivity index (χ4v) is 2.40. The van der Waals surface area contributed by atoms with E-state index in [4.69, 9.17) is 5.11 Å². The highest BCUT2D eigenvalue weighted by Crippen LogP contribution is 2.25. The summed E-state index contributed by atoms with van der Waals surface area (Å²) in [4.78, 5) is 15.0. The topological polar surface area (TPSA) is 79.5 Å². The van der Waals surface area contributed by atoms with Crippen LogP contribution in [0.2, 0.25) is 0 Å². The van der Waals surface area contributed by atoms with Crippen molar-refractivity contribution in [3.05, 3.63) is 22.4 Å². The predicted molar refractivity (Wildman–Crippen MR) is 73.3 cm³/mol. The molecule has 0 aromatic carbocycles. The first-order valence-electron chi connectivity index (χ1n) is 6.16. The number of hydrogen-bond donors (Lipinski definition) is 2. The molecule has 1 aliphatic carbocycles. The van der Waals surface area contributed by atoms with Crippen molar-refractivity contribution in [2.45, 2.75) is 31.7 Å². The Hall–Kier alpha value is -1.63. The molecule has 2 N–H and O–H groups in total. The second kappa shape index (κ2) is 4.80. The quantitative estimate of drug-likeness (QED) is 0.880. The molecule has 0 saturated heterocycles. The van der Waals surface area contributed by atoms with Crippen molar-refractivity contribution in [2.24, 2.45) is 0 Å². The van der Waals surface area contributed by atoms with Crippen LogP contribution in [0.5, 0.6) is 0 Å². The van der Waals surface area contributed by atoms with Gasteiger partial charge < -0.3 is 10.4 Å². The second-order valence-electron chi connectivity index (χ2n) is 4.65. The molecule has 7 heteroatoms. The van der Waals surface area contributed by atoms with Crippen molar-refractivity contribution in [3.8, 4) is 0 Å². The van der Waals surface area contributed by atoms with Crippen molar-refractivity contribution >= 4 is 33.4 Å². The largest absolute Gasteiger partial charge is 0.481 e. The second-order valence-corrected chi connectivity index (χ2v) is 5.40. The maximum atomic E-state index is 10.6. The molecule has 3 rings (SSSR count). The van der Waals surface area contributed by atoms with Gasteiger partial charge in [-0.15, -0.1) is 5.10 Å². The van der Waals surface area contributed by atoms with E-state index in [0.717, 1.165) is 16.1 Å². The summed E-state index contributed by atoms with van der Waals surface area (Å²) in [6.07, 6.45) is 2.84. The summed E-state index contributed by atoms with van der Waals surface area (Å²) in [5.74, 6) is -0.00844. The van der Waals surface area contributed by atoms with E-state index in [1.54, 1.807) is 4.52 Å². The molecule has 0 spiro atoms. The van der Waals surface area contributed by atoms with E-state index in [2.05, 4.69) is 31.3 Å². The van der Waals surface area contributed by atoms with Gasteiger partial charge in [-0.1, -0.05) is 0 Å². The SMILES string of the molecule is O=C(O)CCc1nc2ccc(NC3CC3)nn2c1Br. The lowest BCUT2D eigenvalue weighted by Gasteiger charge is -2.03. The molecule has 0 bridgehead atoms. The zero-order valence-corrected chi connectivity index (χ0v) is 11.7. The van der Waals surface area contributed by atoms with Gasteiger partial charge >= 0.3 is 5.97 Å². The average Bonchev–Trinajstić information content (AvgIpc) is 3.13. The third-order valence-electron chi connectivity index (χ3n) is 2.99. The standard InChI is InChI=1S/C12H13BrN4O2/c13-12-8(3-6-11(18)19)15-10-5-4-9(16-17(10)12)14-7-1-2-7/h4-5,7H,1-3,6H2,(H,14,16)(H,18,19). The van der Waals surface area contributed by atoms with E-state index in [1.165, 1.54) is 12.8 Å². The zero-order valence-electron chi connectivity index (χ0n) is 10.1. The highest BCUT2D eigenvalue weighted by molar-refractivity contribution is 9.10. The van der Waals surface area contributed by atoms with Crippen LogP contribution in [0.1, 0.15) is 25.0 Å². The van der Waals surface area contributed by atoms with Crippen LogP contribution in [0.15, 0.2) is 16.7 Å². The molecular formula is C12H13BrN4O2. The Kier molecular flexibility index (Phi) is 3.14. The molecular weight excluding hydrogens is 312 g/mol. The van der Waals surface area contributed by atoms with Crippen molar-refractivity contribution in [2.75, 3.05) is 5.32 Å². The molecule has 1 fully saturated rings. The number of nitrogens with zero attached hydrogens (tertiary/aromatic N) is 3. The summed E-state index contributed by atoms with van der Waals surface area (Å²) in [5.41, 5.74) is 1.44. The lowest BCUT2D eigenvalue weighted by Crippen LogP contribution is -2.05. The normalized spacial score (nSPS) is 14.8. The number of aliphatic carboxylic acids is 1. The minimum Gasteiger partial charge on any atom is -0.481 e. The van der Waals surface area contributed by atoms with Crippen molar-refractivity contribution < 1.29 is 9.90 Å². The van der Waals surface area contributed by atoms with Gasteiger partial charge in [0.25, 0.3) is 0 Å². The van der Waals surface area contributed by atoms with E-state index in [1.807, 2.05) is 12.1 Å². The molecule has 0 atom stereocenters. The number of hydrogen-bond acceptors (Lipinski definition) is 4. The number of carbonyl (C=O) groups is 1. The number of halogens is 1. The molecule has 100 valence electrons. The molecule has 0 radical (unpaired) electrons. The molecule has 2 heterocycles. The molecule has 19 heavy (non-hydrogen) atoms. The fraction of sp³-hybridized carbons (Fsp3) is 0.417. The first-order valence-corrected chi connectivity index (χ1v) is 6.95. The van der Waals surface area contributed by atoms with Crippen LogP contribution in [0, 0.1) is 0 Å². The molecule has 1 saturated carbocycles. The van der Waals surface area contributed by atoms with Gasteiger partial charge in [0, 0.05) is 12.5 Å². The molecule has 2 aromatic heterocycles. The van der Waals surface area contributed by atoms with E-state index >= 15 is 0 Å². The Balaban J connectivity index is 1.88. The van der Waals surface area contributed by atoms with Crippen LogP contribution < -0.4 is 5.32 Å². The third-order valence-corrected chi connectivity index (χ3v) is 3.79. The van der Waals surface area contributed by atoms with E-state index in [9.17, 15) is 4.79 Å². The number of carboxylic acids is 1. The van der Waals surface area contributed by atoms with Crippen molar-refractivity contribution in [1.82, 2.24) is 14.6 Å². The molecule has 0 amide bonds. The van der Waals surface area contributed by atoms with Gasteiger partial charge in [-0.2, -0.15) is 0 Å². The number of fused-ring (bicyclic) bond motifs is 1. The Labute approximate surface area is 118 Å². The van der Waals surface area contributed by atoms with Gasteiger partial charge in [-0.05, 0) is 40.9 Å². The Morgan fingerprint density at radius 3 is 3.00 bits per heavy atom. The monoisotopic (exact) mass is 324 g/mol. The van der Waals surface area contributed by atoms with E-state index < -0.39 is 5.97 Å². The zero-order chi connectivity index (χ0) is 13.4. The van der Waals surface area contributed by atoms with Gasteiger partial charge in [0.15, 0.2) is 5.65 Å². The number of aromatic nitrogens is 3. The van der Waals surface area contributed by atoms with E-state index in [-0.39, 0.29) is 6.42 Å². The first kappa shape index (κ1) is 12.4. The lowest BCUT2D eigenvalue weighted by atomic mass is 10.2. The number of carboxylic acid groups (broad SMARTS) is 1. The van der Waals surface area contributed by atoms with Gasteiger partial charge in [0.1, 0.15) is 10.4 Å². The van der Waals surface area contributed by atoms with Crippen molar-refractivity contribution in [1.29, 1.82) is 0 Å². The summed E-state index contributed by atoms with van der Waals surface area (Å²) in [5, 5.41) is 16.5. The maximum Gasteiger partial charge on any atom is 0.303 e. The van der Waals surface area contributed by atoms with Gasteiger partial charge in [0.05, 0.1) is 12.1 Å². The molecule has 2 aromatic rings. The lowest BCUT2D eigenvalue weighted by molar-refractivity contribution is -0.136. The minimum absolute atomic E-state index is 0.0651. The number of aryl methyl sites for hydroxylation is 1. The number of imidazole rings is 1. The molecule has 0 aliphatic heterocycles. The van der Waals surface area contributed by atoms with Crippen LogP contribution in [0.4, 0.5) is 5.82 Å². The Morgan fingerprint density at radius 2 is 2.32 bits per heavy atom. The summed E-state index contributed by atoms with van der Waals surface area (Å²) in [6.45, 7) is 0. The molecule has 1 aliphatic rings. The summed E-state index contributed by atoms with van der Waals surface area (Å²) >= 11 is 3.44. The summed E-state index contributed by atoms with van der Waals surface area (Å²) < 4.78 is 2.42. The Bertz CT molecular complexity index is 636. The number of anilines is 1. The first-order chi connectivity index (χ1) is 9.13. The van der Waals surface area contributed by atoms with Crippen LogP contribution in [0.3, 0.4) is 0 Å². The van der Waals surface area contributed by atoms with Crippen LogP contribution >= 0.6 is 15.9 Å². The maximum absolute atomic E-state index is 10.6. The highest BCUT2D eigenvalue weighted by atomic mass is 79.9. The van der Waals surface area contributed by atoms with Gasteiger partial charge in [-0.25, -0.2) is 9.50 Å². The number of rotatable bonds is 5. The third kappa shape index (κ3) is 2.70. The van der Waals surface area contributed by atoms with Crippen molar-refractivity contribution in [3.63, 3.8) is 0 Å². The van der Waals surface area contributed by atoms with Gasteiger partial charge in [0.2, 0.25) is 0 Å². The number of nitrogens with one attached hydrogen (secondary N) is 1.